The molecule has 0 radical (unpaired) electrons. The van der Waals surface area contributed by atoms with Gasteiger partial charge < -0.3 is 10.2 Å². The predicted molar refractivity (Wildman–Crippen MR) is 166 cm³/mol. The molecule has 4 rings (SSSR count). The smallest absolute Gasteiger partial charge is 0.264 e. The lowest BCUT2D eigenvalue weighted by Gasteiger charge is -2.32. The maximum absolute atomic E-state index is 14.1. The summed E-state index contributed by atoms with van der Waals surface area (Å²) in [5, 5.41) is 3.54. The van der Waals surface area contributed by atoms with Crippen LogP contribution in [-0.4, -0.2) is 50.0 Å². The van der Waals surface area contributed by atoms with E-state index in [-0.39, 0.29) is 23.4 Å². The first-order valence-corrected chi connectivity index (χ1v) is 16.7. The number of halogens is 1. The van der Waals surface area contributed by atoms with Gasteiger partial charge in [0.25, 0.3) is 10.0 Å². The molecule has 7 nitrogen and oxygen atoms in total. The molecule has 0 aromatic heterocycles. The molecule has 0 saturated heterocycles. The van der Waals surface area contributed by atoms with Crippen LogP contribution in [0.15, 0.2) is 82.6 Å². The van der Waals surface area contributed by atoms with Gasteiger partial charge in [0.2, 0.25) is 11.8 Å². The van der Waals surface area contributed by atoms with Gasteiger partial charge >= 0.3 is 0 Å². The molecule has 0 aliphatic heterocycles. The number of nitrogens with zero attached hydrogens (tertiary/aromatic N) is 2. The molecule has 1 aliphatic carbocycles. The number of carbonyl (C=O) groups excluding carboxylic acids is 2. The number of thioether (sulfide) groups is 1. The zero-order valence-corrected chi connectivity index (χ0v) is 25.9. The van der Waals surface area contributed by atoms with Crippen molar-refractivity contribution in [2.24, 2.45) is 0 Å². The minimum Gasteiger partial charge on any atom is -0.352 e. The number of hydrogen-bond acceptors (Lipinski definition) is 5. The van der Waals surface area contributed by atoms with E-state index in [1.165, 1.54) is 16.7 Å². The highest BCUT2D eigenvalue weighted by atomic mass is 35.5. The molecule has 0 bridgehead atoms. The van der Waals surface area contributed by atoms with Gasteiger partial charge in [0, 0.05) is 22.5 Å². The van der Waals surface area contributed by atoms with Crippen molar-refractivity contribution in [2.45, 2.75) is 68.0 Å². The van der Waals surface area contributed by atoms with E-state index >= 15 is 0 Å². The zero-order chi connectivity index (χ0) is 29.6. The third-order valence-electron chi connectivity index (χ3n) is 7.42. The van der Waals surface area contributed by atoms with Crippen LogP contribution in [-0.2, 0) is 26.2 Å². The standard InChI is InChI=1S/C31H36ClN3O4S2/c1-22-12-14-26(15-13-22)35(41(38,39)28-18-16-27(40-3)17-19-28)21-30(36)34(20-24-8-4-7-11-29(24)32)23(2)31(37)33-25-9-5-6-10-25/h4,7-8,11-19,23,25H,5-6,9-10,20-21H2,1-3H3,(H,33,37)/t23-/m1/s1. The van der Waals surface area contributed by atoms with Crippen LogP contribution in [0.4, 0.5) is 5.69 Å². The Morgan fingerprint density at radius 2 is 1.63 bits per heavy atom. The largest absolute Gasteiger partial charge is 0.352 e. The number of anilines is 1. The van der Waals surface area contributed by atoms with Crippen molar-refractivity contribution in [1.82, 2.24) is 10.2 Å². The summed E-state index contributed by atoms with van der Waals surface area (Å²) in [5.74, 6) is -0.779. The first-order chi connectivity index (χ1) is 19.6. The number of benzene rings is 3. The molecule has 1 saturated carbocycles. The average Bonchev–Trinajstić information content (AvgIpc) is 3.48. The fourth-order valence-corrected chi connectivity index (χ4v) is 6.92. The highest BCUT2D eigenvalue weighted by Crippen LogP contribution is 2.27. The molecule has 1 fully saturated rings. The lowest BCUT2D eigenvalue weighted by molar-refractivity contribution is -0.139. The quantitative estimate of drug-likeness (QED) is 0.266. The Hall–Kier alpha value is -3.01. The second-order valence-corrected chi connectivity index (χ2v) is 13.5. The van der Waals surface area contributed by atoms with Crippen LogP contribution in [0.2, 0.25) is 5.02 Å². The van der Waals surface area contributed by atoms with E-state index in [1.807, 2.05) is 19.2 Å². The second kappa shape index (κ2) is 13.8. The van der Waals surface area contributed by atoms with Crippen molar-refractivity contribution in [2.75, 3.05) is 17.1 Å². The molecular weight excluding hydrogens is 578 g/mol. The fraction of sp³-hybridized carbons (Fsp3) is 0.355. The maximum Gasteiger partial charge on any atom is 0.264 e. The highest BCUT2D eigenvalue weighted by Gasteiger charge is 2.33. The number of nitrogens with one attached hydrogen (secondary N) is 1. The number of hydrogen-bond donors (Lipinski definition) is 1. The predicted octanol–water partition coefficient (Wildman–Crippen LogP) is 6.04. The SMILES string of the molecule is CSc1ccc(S(=O)(=O)N(CC(=O)N(Cc2ccccc2Cl)[C@H](C)C(=O)NC2CCCC2)c2ccc(C)cc2)cc1. The Balaban J connectivity index is 1.69. The van der Waals surface area contributed by atoms with Crippen molar-refractivity contribution in [3.05, 3.63) is 88.9 Å². The number of rotatable bonds is 11. The van der Waals surface area contributed by atoms with Gasteiger partial charge in [-0.05, 0) is 81.0 Å². The van der Waals surface area contributed by atoms with Crippen molar-refractivity contribution < 1.29 is 18.0 Å². The van der Waals surface area contributed by atoms with Crippen LogP contribution >= 0.6 is 23.4 Å². The summed E-state index contributed by atoms with van der Waals surface area (Å²) in [6.45, 7) is 3.15. The molecule has 218 valence electrons. The minimum atomic E-state index is -4.12. The Morgan fingerprint density at radius 3 is 2.24 bits per heavy atom. The summed E-state index contributed by atoms with van der Waals surface area (Å²) in [6, 6.07) is 19.9. The summed E-state index contributed by atoms with van der Waals surface area (Å²) in [6.07, 6.45) is 5.85. The van der Waals surface area contributed by atoms with Crippen molar-refractivity contribution in [3.63, 3.8) is 0 Å². The minimum absolute atomic E-state index is 0.0575. The van der Waals surface area contributed by atoms with E-state index in [2.05, 4.69) is 5.32 Å². The molecule has 10 heteroatoms. The molecule has 1 N–H and O–H groups in total. The molecule has 2 amide bonds. The van der Waals surface area contributed by atoms with Gasteiger partial charge in [-0.3, -0.25) is 13.9 Å². The molecular formula is C31H36ClN3O4S2. The summed E-state index contributed by atoms with van der Waals surface area (Å²) in [5.41, 5.74) is 1.98. The first kappa shape index (κ1) is 30.9. The van der Waals surface area contributed by atoms with E-state index < -0.39 is 28.5 Å². The van der Waals surface area contributed by atoms with Crippen LogP contribution < -0.4 is 9.62 Å². The van der Waals surface area contributed by atoms with E-state index in [0.717, 1.165) is 40.4 Å². The van der Waals surface area contributed by atoms with Gasteiger partial charge in [-0.1, -0.05) is 60.3 Å². The number of aryl methyl sites for hydroxylation is 1. The average molecular weight is 614 g/mol. The Kier molecular flexibility index (Phi) is 10.4. The number of carbonyl (C=O) groups is 2. The molecule has 0 spiro atoms. The summed E-state index contributed by atoms with van der Waals surface area (Å²) in [4.78, 5) is 29.8. The fourth-order valence-electron chi connectivity index (χ4n) is 4.90. The van der Waals surface area contributed by atoms with Gasteiger partial charge in [-0.25, -0.2) is 8.42 Å². The Bertz CT molecular complexity index is 1460. The molecule has 0 heterocycles. The number of sulfonamides is 1. The maximum atomic E-state index is 14.1. The monoisotopic (exact) mass is 613 g/mol. The summed E-state index contributed by atoms with van der Waals surface area (Å²) >= 11 is 7.95. The van der Waals surface area contributed by atoms with Crippen LogP contribution in [0, 0.1) is 6.92 Å². The Morgan fingerprint density at radius 1 is 1.00 bits per heavy atom. The van der Waals surface area contributed by atoms with Gasteiger partial charge in [0.15, 0.2) is 0 Å². The van der Waals surface area contributed by atoms with E-state index in [0.29, 0.717) is 16.3 Å². The second-order valence-electron chi connectivity index (χ2n) is 10.3. The Labute approximate surface area is 252 Å². The molecule has 1 aliphatic rings. The van der Waals surface area contributed by atoms with Crippen LogP contribution in [0.1, 0.15) is 43.7 Å². The van der Waals surface area contributed by atoms with E-state index in [1.54, 1.807) is 73.7 Å². The van der Waals surface area contributed by atoms with Crippen LogP contribution in [0.5, 0.6) is 0 Å². The molecule has 0 unspecified atom stereocenters. The van der Waals surface area contributed by atoms with Crippen molar-refractivity contribution >= 4 is 50.9 Å². The first-order valence-electron chi connectivity index (χ1n) is 13.7. The van der Waals surface area contributed by atoms with Crippen molar-refractivity contribution in [3.8, 4) is 0 Å². The van der Waals surface area contributed by atoms with Gasteiger partial charge in [0.05, 0.1) is 10.6 Å². The van der Waals surface area contributed by atoms with Crippen molar-refractivity contribution in [1.29, 1.82) is 0 Å². The van der Waals surface area contributed by atoms with Gasteiger partial charge in [-0.2, -0.15) is 0 Å². The summed E-state index contributed by atoms with van der Waals surface area (Å²) < 4.78 is 29.1. The van der Waals surface area contributed by atoms with Crippen LogP contribution in [0.3, 0.4) is 0 Å². The highest BCUT2D eigenvalue weighted by molar-refractivity contribution is 7.98. The normalized spacial score (nSPS) is 14.4. The van der Waals surface area contributed by atoms with Crippen LogP contribution in [0.25, 0.3) is 0 Å². The third-order valence-corrected chi connectivity index (χ3v) is 10.3. The molecule has 3 aromatic carbocycles. The lowest BCUT2D eigenvalue weighted by atomic mass is 10.1. The van der Waals surface area contributed by atoms with Gasteiger partial charge in [0.1, 0.15) is 12.6 Å². The molecule has 41 heavy (non-hydrogen) atoms. The topological polar surface area (TPSA) is 86.8 Å². The third kappa shape index (κ3) is 7.64. The zero-order valence-electron chi connectivity index (χ0n) is 23.5. The van der Waals surface area contributed by atoms with E-state index in [9.17, 15) is 18.0 Å². The van der Waals surface area contributed by atoms with E-state index in [4.69, 9.17) is 11.6 Å². The molecule has 1 atom stereocenters. The molecule has 3 aromatic rings. The summed E-state index contributed by atoms with van der Waals surface area (Å²) in [7, 11) is -4.12. The lowest BCUT2D eigenvalue weighted by Crippen LogP contribution is -2.52. The number of amides is 2. The van der Waals surface area contributed by atoms with Gasteiger partial charge in [-0.15, -0.1) is 11.8 Å².